The molecule has 1 aromatic heterocycles. The number of aromatic nitrogens is 2. The van der Waals surface area contributed by atoms with Crippen LogP contribution in [0.25, 0.3) is 5.69 Å². The Bertz CT molecular complexity index is 535. The van der Waals surface area contributed by atoms with Crippen molar-refractivity contribution in [2.75, 3.05) is 25.5 Å². The van der Waals surface area contributed by atoms with E-state index in [1.54, 1.807) is 0 Å². The largest absolute Gasteiger partial charge is 0.381 e. The van der Waals surface area contributed by atoms with Crippen LogP contribution in [0.3, 0.4) is 0 Å². The van der Waals surface area contributed by atoms with Gasteiger partial charge in [0, 0.05) is 18.4 Å². The molecule has 0 bridgehead atoms. The van der Waals surface area contributed by atoms with Crippen molar-refractivity contribution >= 4 is 5.69 Å². The number of likely N-dealkylation sites (tertiary alicyclic amines) is 1. The molecule has 0 amide bonds. The molecule has 106 valence electrons. The fraction of sp³-hybridized carbons (Fsp3) is 0.438. The van der Waals surface area contributed by atoms with Gasteiger partial charge in [-0.05, 0) is 51.5 Å². The summed E-state index contributed by atoms with van der Waals surface area (Å²) in [6, 6.07) is 9.01. The van der Waals surface area contributed by atoms with E-state index in [1.807, 2.05) is 18.7 Å². The summed E-state index contributed by atoms with van der Waals surface area (Å²) in [6.45, 7) is 2.38. The minimum atomic E-state index is 0.560. The summed E-state index contributed by atoms with van der Waals surface area (Å²) in [5, 5.41) is 3.72. The van der Waals surface area contributed by atoms with Crippen molar-refractivity contribution in [3.05, 3.63) is 43.0 Å². The maximum atomic E-state index is 4.14. The van der Waals surface area contributed by atoms with E-state index in [4.69, 9.17) is 0 Å². The minimum absolute atomic E-state index is 0.560. The molecule has 4 nitrogen and oxygen atoms in total. The summed E-state index contributed by atoms with van der Waals surface area (Å²) < 4.78 is 2.06. The van der Waals surface area contributed by atoms with Gasteiger partial charge in [0.2, 0.25) is 0 Å². The van der Waals surface area contributed by atoms with Gasteiger partial charge in [-0.15, -0.1) is 0 Å². The second kappa shape index (κ2) is 6.09. The highest BCUT2D eigenvalue weighted by Gasteiger charge is 2.15. The highest BCUT2D eigenvalue weighted by Crippen LogP contribution is 2.23. The zero-order valence-corrected chi connectivity index (χ0v) is 12.0. The topological polar surface area (TPSA) is 33.1 Å². The van der Waals surface area contributed by atoms with E-state index in [0.717, 1.165) is 0 Å². The van der Waals surface area contributed by atoms with Gasteiger partial charge in [0.25, 0.3) is 0 Å². The number of hydrogen-bond acceptors (Lipinski definition) is 3. The molecule has 0 aliphatic carbocycles. The van der Waals surface area contributed by atoms with Crippen molar-refractivity contribution in [1.29, 1.82) is 0 Å². The third-order valence-electron chi connectivity index (χ3n) is 4.00. The maximum Gasteiger partial charge on any atom is 0.0992 e. The smallest absolute Gasteiger partial charge is 0.0992 e. The second-order valence-electron chi connectivity index (χ2n) is 5.56. The Kier molecular flexibility index (Phi) is 4.02. The molecule has 0 radical (unpaired) electrons. The van der Waals surface area contributed by atoms with Crippen LogP contribution >= 0.6 is 0 Å². The molecule has 0 saturated carbocycles. The van der Waals surface area contributed by atoms with Crippen molar-refractivity contribution in [3.8, 4) is 5.69 Å². The number of imidazole rings is 1. The summed E-state index contributed by atoms with van der Waals surface area (Å²) >= 11 is 0. The quantitative estimate of drug-likeness (QED) is 0.931. The van der Waals surface area contributed by atoms with Gasteiger partial charge in [0.1, 0.15) is 0 Å². The monoisotopic (exact) mass is 270 g/mol. The van der Waals surface area contributed by atoms with E-state index >= 15 is 0 Å². The van der Waals surface area contributed by atoms with Crippen molar-refractivity contribution < 1.29 is 0 Å². The molecule has 1 aromatic carbocycles. The predicted molar refractivity (Wildman–Crippen MR) is 82.3 cm³/mol. The fourth-order valence-electron chi connectivity index (χ4n) is 2.83. The van der Waals surface area contributed by atoms with Gasteiger partial charge in [0.15, 0.2) is 0 Å². The molecule has 3 rings (SSSR count). The van der Waals surface area contributed by atoms with E-state index in [0.29, 0.717) is 6.04 Å². The van der Waals surface area contributed by atoms with E-state index in [9.17, 15) is 0 Å². The molecule has 20 heavy (non-hydrogen) atoms. The van der Waals surface area contributed by atoms with Crippen molar-refractivity contribution in [2.45, 2.75) is 25.3 Å². The summed E-state index contributed by atoms with van der Waals surface area (Å²) in [4.78, 5) is 6.56. The van der Waals surface area contributed by atoms with Crippen LogP contribution in [-0.4, -0.2) is 40.6 Å². The molecule has 1 aliphatic heterocycles. The van der Waals surface area contributed by atoms with Gasteiger partial charge < -0.3 is 14.8 Å². The third kappa shape index (κ3) is 3.02. The molecule has 1 fully saturated rings. The normalized spacial score (nSPS) is 20.6. The Balaban J connectivity index is 1.77. The molecule has 2 heterocycles. The molecular formula is C16H22N4. The Morgan fingerprint density at radius 2 is 2.10 bits per heavy atom. The molecule has 1 unspecified atom stereocenters. The van der Waals surface area contributed by atoms with Crippen LogP contribution < -0.4 is 5.32 Å². The number of nitrogens with zero attached hydrogens (tertiary/aromatic N) is 3. The maximum absolute atomic E-state index is 4.14. The Morgan fingerprint density at radius 1 is 1.20 bits per heavy atom. The van der Waals surface area contributed by atoms with Crippen LogP contribution in [0.4, 0.5) is 5.69 Å². The lowest BCUT2D eigenvalue weighted by molar-refractivity contribution is 0.348. The van der Waals surface area contributed by atoms with Crippen LogP contribution in [0.5, 0.6) is 0 Å². The summed E-state index contributed by atoms with van der Waals surface area (Å²) in [7, 11) is 2.21. The average molecular weight is 270 g/mol. The second-order valence-corrected chi connectivity index (χ2v) is 5.56. The SMILES string of the molecule is CN1CCCC(Nc2ccccc2-n2ccnc2)CC1. The first-order valence-electron chi connectivity index (χ1n) is 7.35. The highest BCUT2D eigenvalue weighted by atomic mass is 15.1. The summed E-state index contributed by atoms with van der Waals surface area (Å²) in [5.41, 5.74) is 2.36. The number of benzene rings is 1. The lowest BCUT2D eigenvalue weighted by Gasteiger charge is -2.20. The first-order valence-corrected chi connectivity index (χ1v) is 7.35. The zero-order valence-electron chi connectivity index (χ0n) is 12.0. The van der Waals surface area contributed by atoms with Crippen molar-refractivity contribution in [1.82, 2.24) is 14.5 Å². The lowest BCUT2D eigenvalue weighted by atomic mass is 10.1. The average Bonchev–Trinajstić information content (AvgIpc) is 2.91. The molecule has 1 atom stereocenters. The van der Waals surface area contributed by atoms with E-state index in [1.165, 1.54) is 43.7 Å². The molecule has 1 aliphatic rings. The van der Waals surface area contributed by atoms with Crippen LogP contribution in [0.2, 0.25) is 0 Å². The number of anilines is 1. The van der Waals surface area contributed by atoms with Gasteiger partial charge >= 0.3 is 0 Å². The molecule has 0 spiro atoms. The molecule has 1 saturated heterocycles. The summed E-state index contributed by atoms with van der Waals surface area (Å²) in [5.74, 6) is 0. The zero-order chi connectivity index (χ0) is 13.8. The molecule has 2 aromatic rings. The van der Waals surface area contributed by atoms with Crippen LogP contribution in [0.15, 0.2) is 43.0 Å². The predicted octanol–water partition coefficient (Wildman–Crippen LogP) is 2.77. The molecule has 4 heteroatoms. The van der Waals surface area contributed by atoms with E-state index < -0.39 is 0 Å². The van der Waals surface area contributed by atoms with Crippen LogP contribution in [0.1, 0.15) is 19.3 Å². The van der Waals surface area contributed by atoms with Crippen molar-refractivity contribution in [2.24, 2.45) is 0 Å². The van der Waals surface area contributed by atoms with Gasteiger partial charge in [0.05, 0.1) is 17.7 Å². The molecule has 1 N–H and O–H groups in total. The number of para-hydroxylation sites is 2. The fourth-order valence-corrected chi connectivity index (χ4v) is 2.83. The molecular weight excluding hydrogens is 248 g/mol. The van der Waals surface area contributed by atoms with Gasteiger partial charge in [-0.2, -0.15) is 0 Å². The standard InChI is InChI=1S/C16H22N4/c1-19-10-4-5-14(8-11-19)18-15-6-2-3-7-16(15)20-12-9-17-13-20/h2-3,6-7,9,12-14,18H,4-5,8,10-11H2,1H3. The Hall–Kier alpha value is -1.81. The number of hydrogen-bond donors (Lipinski definition) is 1. The van der Waals surface area contributed by atoms with Gasteiger partial charge in [-0.1, -0.05) is 12.1 Å². The Labute approximate surface area is 120 Å². The minimum Gasteiger partial charge on any atom is -0.381 e. The van der Waals surface area contributed by atoms with Crippen molar-refractivity contribution in [3.63, 3.8) is 0 Å². The van der Waals surface area contributed by atoms with Gasteiger partial charge in [-0.25, -0.2) is 4.98 Å². The third-order valence-corrected chi connectivity index (χ3v) is 4.00. The number of nitrogens with one attached hydrogen (secondary N) is 1. The van der Waals surface area contributed by atoms with Crippen LogP contribution in [-0.2, 0) is 0 Å². The highest BCUT2D eigenvalue weighted by molar-refractivity contribution is 5.61. The lowest BCUT2D eigenvalue weighted by Crippen LogP contribution is -2.23. The van der Waals surface area contributed by atoms with Gasteiger partial charge in [-0.3, -0.25) is 0 Å². The van der Waals surface area contributed by atoms with E-state index in [-0.39, 0.29) is 0 Å². The first-order chi connectivity index (χ1) is 9.83. The summed E-state index contributed by atoms with van der Waals surface area (Å²) in [6.07, 6.45) is 9.36. The first kappa shape index (κ1) is 13.2. The number of rotatable bonds is 3. The van der Waals surface area contributed by atoms with Crippen LogP contribution in [0, 0.1) is 0 Å². The Morgan fingerprint density at radius 3 is 2.95 bits per heavy atom. The van der Waals surface area contributed by atoms with E-state index in [2.05, 4.69) is 51.1 Å².